The van der Waals surface area contributed by atoms with Crippen LogP contribution in [0.1, 0.15) is 41.7 Å². The minimum Gasteiger partial charge on any atom is -0.336 e. The molecule has 1 aliphatic heterocycles. The van der Waals surface area contributed by atoms with Crippen LogP contribution in [0.5, 0.6) is 0 Å². The minimum absolute atomic E-state index is 0.122. The average Bonchev–Trinajstić information content (AvgIpc) is 2.79. The van der Waals surface area contributed by atoms with Gasteiger partial charge in [0.2, 0.25) is 0 Å². The van der Waals surface area contributed by atoms with E-state index in [-0.39, 0.29) is 11.9 Å². The maximum Gasteiger partial charge on any atom is 0.254 e. The average molecular weight is 372 g/mol. The molecule has 0 radical (unpaired) electrons. The molecule has 1 amide bonds. The Balaban J connectivity index is 1.45. The van der Waals surface area contributed by atoms with Crippen LogP contribution >= 0.6 is 0 Å². The first-order chi connectivity index (χ1) is 13.8. The second-order valence-electron chi connectivity index (χ2n) is 7.18. The zero-order valence-electron chi connectivity index (χ0n) is 15.9. The topological polar surface area (TPSA) is 59.0 Å². The minimum atomic E-state index is 0.122. The Morgan fingerprint density at radius 1 is 1.00 bits per heavy atom. The Morgan fingerprint density at radius 2 is 1.89 bits per heavy atom. The van der Waals surface area contributed by atoms with Crippen molar-refractivity contribution < 1.29 is 4.79 Å². The van der Waals surface area contributed by atoms with Crippen LogP contribution in [0, 0.1) is 0 Å². The molecule has 4 rings (SSSR count). The molecule has 0 aliphatic carbocycles. The third-order valence-corrected chi connectivity index (χ3v) is 5.34. The van der Waals surface area contributed by atoms with E-state index in [4.69, 9.17) is 0 Å². The van der Waals surface area contributed by atoms with Gasteiger partial charge in [0.15, 0.2) is 0 Å². The Bertz CT molecular complexity index is 897. The van der Waals surface area contributed by atoms with Crippen LogP contribution in [-0.4, -0.2) is 38.3 Å². The molecule has 28 heavy (non-hydrogen) atoms. The molecule has 5 heteroatoms. The molecule has 5 nitrogen and oxygen atoms in total. The van der Waals surface area contributed by atoms with E-state index in [0.717, 1.165) is 54.7 Å². The van der Waals surface area contributed by atoms with Crippen LogP contribution in [0.25, 0.3) is 11.3 Å². The highest BCUT2D eigenvalue weighted by molar-refractivity contribution is 5.95. The van der Waals surface area contributed by atoms with Crippen molar-refractivity contribution in [2.75, 3.05) is 6.54 Å². The lowest BCUT2D eigenvalue weighted by atomic mass is 9.96. The number of amides is 1. The molecule has 1 aliphatic rings. The number of aromatic nitrogens is 3. The summed E-state index contributed by atoms with van der Waals surface area (Å²) < 4.78 is 0. The Kier molecular flexibility index (Phi) is 5.71. The number of carbonyl (C=O) groups is 1. The second-order valence-corrected chi connectivity index (χ2v) is 7.18. The number of carbonyl (C=O) groups excluding carboxylic acids is 1. The summed E-state index contributed by atoms with van der Waals surface area (Å²) in [7, 11) is 0. The number of nitrogens with zero attached hydrogens (tertiary/aromatic N) is 4. The van der Waals surface area contributed by atoms with E-state index >= 15 is 0 Å². The summed E-state index contributed by atoms with van der Waals surface area (Å²) in [5.74, 6) is 0.122. The van der Waals surface area contributed by atoms with Crippen LogP contribution in [0.2, 0.25) is 0 Å². The van der Waals surface area contributed by atoms with E-state index in [1.54, 1.807) is 18.6 Å². The lowest BCUT2D eigenvalue weighted by molar-refractivity contribution is 0.0601. The van der Waals surface area contributed by atoms with Crippen LogP contribution in [0.15, 0.2) is 67.3 Å². The van der Waals surface area contributed by atoms with Crippen LogP contribution < -0.4 is 0 Å². The van der Waals surface area contributed by atoms with Crippen molar-refractivity contribution in [1.29, 1.82) is 0 Å². The largest absolute Gasteiger partial charge is 0.336 e. The first-order valence-corrected chi connectivity index (χ1v) is 9.88. The Hall–Kier alpha value is -3.08. The summed E-state index contributed by atoms with van der Waals surface area (Å²) >= 11 is 0. The molecular weight excluding hydrogens is 348 g/mol. The van der Waals surface area contributed by atoms with Gasteiger partial charge in [-0.25, -0.2) is 0 Å². The van der Waals surface area contributed by atoms with Crippen molar-refractivity contribution in [2.45, 2.75) is 38.1 Å². The predicted molar refractivity (Wildman–Crippen MR) is 109 cm³/mol. The van der Waals surface area contributed by atoms with Crippen molar-refractivity contribution >= 4 is 5.91 Å². The molecule has 1 aromatic carbocycles. The highest BCUT2D eigenvalue weighted by atomic mass is 16.2. The SMILES string of the molecule is O=C(c1ccc(-c2cnccn2)cc1)N1CCCC[C@H]1CCc1ccccn1. The molecule has 0 spiro atoms. The second kappa shape index (κ2) is 8.74. The van der Waals surface area contributed by atoms with E-state index in [9.17, 15) is 4.79 Å². The molecule has 1 atom stereocenters. The molecule has 0 unspecified atom stereocenters. The summed E-state index contributed by atoms with van der Waals surface area (Å²) in [5, 5.41) is 0. The highest BCUT2D eigenvalue weighted by Gasteiger charge is 2.27. The zero-order chi connectivity index (χ0) is 19.2. The van der Waals surface area contributed by atoms with E-state index in [1.165, 1.54) is 6.42 Å². The molecule has 0 N–H and O–H groups in total. The van der Waals surface area contributed by atoms with Crippen molar-refractivity contribution in [1.82, 2.24) is 19.9 Å². The molecule has 1 fully saturated rings. The van der Waals surface area contributed by atoms with Gasteiger partial charge in [-0.05, 0) is 56.4 Å². The summed E-state index contributed by atoms with van der Waals surface area (Å²) in [6.07, 6.45) is 12.1. The zero-order valence-corrected chi connectivity index (χ0v) is 15.9. The van der Waals surface area contributed by atoms with Crippen molar-refractivity contribution in [3.63, 3.8) is 0 Å². The van der Waals surface area contributed by atoms with Gasteiger partial charge in [-0.2, -0.15) is 0 Å². The van der Waals surface area contributed by atoms with E-state index in [2.05, 4.69) is 25.9 Å². The molecule has 142 valence electrons. The van der Waals surface area contributed by atoms with E-state index in [0.29, 0.717) is 0 Å². The fourth-order valence-corrected chi connectivity index (χ4v) is 3.83. The fourth-order valence-electron chi connectivity index (χ4n) is 3.83. The first-order valence-electron chi connectivity index (χ1n) is 9.88. The molecule has 0 saturated carbocycles. The Morgan fingerprint density at radius 3 is 2.64 bits per heavy atom. The number of pyridine rings is 1. The van der Waals surface area contributed by atoms with Crippen molar-refractivity contribution in [2.24, 2.45) is 0 Å². The molecule has 1 saturated heterocycles. The maximum absolute atomic E-state index is 13.2. The van der Waals surface area contributed by atoms with Gasteiger partial charge in [0.1, 0.15) is 0 Å². The van der Waals surface area contributed by atoms with E-state index < -0.39 is 0 Å². The van der Waals surface area contributed by atoms with E-state index in [1.807, 2.05) is 42.6 Å². The van der Waals surface area contributed by atoms with Crippen molar-refractivity contribution in [3.8, 4) is 11.3 Å². The standard InChI is InChI=1S/C23H24N4O/c28-23(19-9-7-18(8-10-19)22-17-24-14-15-26-22)27-16-4-2-6-21(27)12-11-20-5-1-3-13-25-20/h1,3,5,7-10,13-15,17,21H,2,4,6,11-12,16H2/t21-/m0/s1. The van der Waals surface area contributed by atoms with Gasteiger partial charge < -0.3 is 4.90 Å². The van der Waals surface area contributed by atoms with Crippen LogP contribution in [-0.2, 0) is 6.42 Å². The molecule has 2 aromatic heterocycles. The molecule has 3 heterocycles. The summed E-state index contributed by atoms with van der Waals surface area (Å²) in [4.78, 5) is 28.0. The number of benzene rings is 1. The number of hydrogen-bond donors (Lipinski definition) is 0. The number of rotatable bonds is 5. The van der Waals surface area contributed by atoms with Gasteiger partial charge in [0.05, 0.1) is 11.9 Å². The van der Waals surface area contributed by atoms with Gasteiger partial charge in [-0.3, -0.25) is 19.7 Å². The monoisotopic (exact) mass is 372 g/mol. The molecular formula is C23H24N4O. The third-order valence-electron chi connectivity index (χ3n) is 5.34. The smallest absolute Gasteiger partial charge is 0.254 e. The summed E-state index contributed by atoms with van der Waals surface area (Å²) in [6.45, 7) is 0.831. The highest BCUT2D eigenvalue weighted by Crippen LogP contribution is 2.24. The van der Waals surface area contributed by atoms with Crippen LogP contribution in [0.4, 0.5) is 0 Å². The lowest BCUT2D eigenvalue weighted by Crippen LogP contribution is -2.44. The predicted octanol–water partition coefficient (Wildman–Crippen LogP) is 4.17. The number of aryl methyl sites for hydroxylation is 1. The number of likely N-dealkylation sites (tertiary alicyclic amines) is 1. The summed E-state index contributed by atoms with van der Waals surface area (Å²) in [5.41, 5.74) is 3.61. The first kappa shape index (κ1) is 18.3. The third kappa shape index (κ3) is 4.25. The molecule has 3 aromatic rings. The van der Waals surface area contributed by atoms with Gasteiger partial charge >= 0.3 is 0 Å². The quantitative estimate of drug-likeness (QED) is 0.675. The number of hydrogen-bond acceptors (Lipinski definition) is 4. The maximum atomic E-state index is 13.2. The Labute approximate surface area is 165 Å². The summed E-state index contributed by atoms with van der Waals surface area (Å²) in [6, 6.07) is 14.0. The molecule has 0 bridgehead atoms. The van der Waals surface area contributed by atoms with Crippen LogP contribution in [0.3, 0.4) is 0 Å². The lowest BCUT2D eigenvalue weighted by Gasteiger charge is -2.36. The number of piperidine rings is 1. The normalized spacial score (nSPS) is 16.7. The van der Waals surface area contributed by atoms with Gasteiger partial charge in [0.25, 0.3) is 5.91 Å². The van der Waals surface area contributed by atoms with Gasteiger partial charge in [0, 0.05) is 48.0 Å². The van der Waals surface area contributed by atoms with Gasteiger partial charge in [-0.15, -0.1) is 0 Å². The van der Waals surface area contributed by atoms with Gasteiger partial charge in [-0.1, -0.05) is 18.2 Å². The van der Waals surface area contributed by atoms with Crippen molar-refractivity contribution in [3.05, 3.63) is 78.5 Å². The fraction of sp³-hybridized carbons (Fsp3) is 0.304.